The van der Waals surface area contributed by atoms with Crippen molar-refractivity contribution in [2.75, 3.05) is 13.2 Å². The van der Waals surface area contributed by atoms with E-state index in [1.165, 1.54) is 17.1 Å². The third kappa shape index (κ3) is 3.01. The first kappa shape index (κ1) is 19.3. The van der Waals surface area contributed by atoms with Gasteiger partial charge in [0.1, 0.15) is 24.4 Å². The van der Waals surface area contributed by atoms with E-state index < -0.39 is 54.2 Å². The molecule has 3 heterocycles. The van der Waals surface area contributed by atoms with E-state index in [1.54, 1.807) is 0 Å². The van der Waals surface area contributed by atoms with E-state index in [9.17, 15) is 28.5 Å². The minimum absolute atomic E-state index is 0.0456. The zero-order valence-corrected chi connectivity index (χ0v) is 14.6. The normalized spacial score (nSPS) is 32.9. The van der Waals surface area contributed by atoms with Crippen LogP contribution in [-0.4, -0.2) is 62.4 Å². The van der Waals surface area contributed by atoms with Gasteiger partial charge in [0.2, 0.25) is 0 Å². The highest BCUT2D eigenvalue weighted by Crippen LogP contribution is 2.43. The minimum Gasteiger partial charge on any atom is -0.394 e. The molecule has 0 bridgehead atoms. The largest absolute Gasteiger partial charge is 0.394 e. The molecule has 28 heavy (non-hydrogen) atoms. The van der Waals surface area contributed by atoms with Crippen LogP contribution in [0.25, 0.3) is 11.1 Å². The molecule has 1 spiro atoms. The van der Waals surface area contributed by atoms with Crippen LogP contribution in [0.5, 0.6) is 0 Å². The van der Waals surface area contributed by atoms with Gasteiger partial charge in [0, 0.05) is 18.2 Å². The summed E-state index contributed by atoms with van der Waals surface area (Å²) in [5.74, 6) is -5.63. The number of aromatic nitrogens is 2. The SMILES string of the molecule is OC[C@H]1O[C@@]2(CCCO2)[C@H](O)[C@@H](n2cc(-c3cc(F)c(F)c(F)c3)cn2)[C@H]1O. The molecule has 0 radical (unpaired) electrons. The average molecular weight is 400 g/mol. The number of hydrogen-bond donors (Lipinski definition) is 3. The molecule has 0 saturated carbocycles. The lowest BCUT2D eigenvalue weighted by atomic mass is 9.89. The molecule has 7 nitrogen and oxygen atoms in total. The maximum Gasteiger partial charge on any atom is 0.197 e. The first-order valence-corrected chi connectivity index (χ1v) is 8.84. The zero-order chi connectivity index (χ0) is 20.1. The Labute approximate surface area is 157 Å². The maximum absolute atomic E-state index is 13.5. The lowest BCUT2D eigenvalue weighted by Crippen LogP contribution is -2.62. The molecule has 10 heteroatoms. The van der Waals surface area contributed by atoms with Gasteiger partial charge in [-0.15, -0.1) is 0 Å². The van der Waals surface area contributed by atoms with Crippen molar-refractivity contribution in [2.45, 2.75) is 43.0 Å². The molecule has 2 fully saturated rings. The highest BCUT2D eigenvalue weighted by Gasteiger charge is 2.57. The summed E-state index contributed by atoms with van der Waals surface area (Å²) in [5, 5.41) is 35.1. The number of halogens is 3. The molecule has 0 unspecified atom stereocenters. The van der Waals surface area contributed by atoms with E-state index in [0.717, 1.165) is 12.1 Å². The minimum atomic E-state index is -1.57. The topological polar surface area (TPSA) is 97.0 Å². The number of ether oxygens (including phenoxy) is 2. The van der Waals surface area contributed by atoms with Crippen molar-refractivity contribution in [1.82, 2.24) is 9.78 Å². The summed E-state index contributed by atoms with van der Waals surface area (Å²) < 4.78 is 52.7. The van der Waals surface area contributed by atoms with Crippen LogP contribution in [0, 0.1) is 17.5 Å². The van der Waals surface area contributed by atoms with Gasteiger partial charge < -0.3 is 24.8 Å². The Hall–Kier alpha value is -1.98. The standard InChI is InChI=1S/C18H19F3N2O5/c19-11-4-9(5-12(20)14(11)21)10-6-22-23(7-10)15-16(25)13(8-24)28-18(17(15)26)2-1-3-27-18/h4-7,13,15-17,24-26H,1-3,8H2/t13-,15+,16+,17-,18+/m1/s1. The van der Waals surface area contributed by atoms with Crippen LogP contribution >= 0.6 is 0 Å². The Balaban J connectivity index is 1.70. The van der Waals surface area contributed by atoms with Gasteiger partial charge in [0.25, 0.3) is 0 Å². The molecule has 2 aliphatic rings. The third-order valence-corrected chi connectivity index (χ3v) is 5.28. The number of benzene rings is 1. The van der Waals surface area contributed by atoms with Gasteiger partial charge in [-0.1, -0.05) is 0 Å². The Morgan fingerprint density at radius 2 is 1.89 bits per heavy atom. The number of rotatable bonds is 3. The first-order chi connectivity index (χ1) is 13.4. The lowest BCUT2D eigenvalue weighted by Gasteiger charge is -2.47. The molecule has 3 N–H and O–H groups in total. The number of aliphatic hydroxyl groups excluding tert-OH is 3. The van der Waals surface area contributed by atoms with Crippen LogP contribution in [0.2, 0.25) is 0 Å². The summed E-state index contributed by atoms with van der Waals surface area (Å²) in [4.78, 5) is 0. The predicted molar refractivity (Wildman–Crippen MR) is 88.5 cm³/mol. The molecule has 2 aromatic rings. The van der Waals surface area contributed by atoms with E-state index >= 15 is 0 Å². The second-order valence-electron chi connectivity index (χ2n) is 6.99. The van der Waals surface area contributed by atoms with Gasteiger partial charge in [-0.3, -0.25) is 4.68 Å². The van der Waals surface area contributed by atoms with Crippen LogP contribution in [-0.2, 0) is 9.47 Å². The molecular formula is C18H19F3N2O5. The van der Waals surface area contributed by atoms with Crippen molar-refractivity contribution in [1.29, 1.82) is 0 Å². The number of nitrogens with zero attached hydrogens (tertiary/aromatic N) is 2. The predicted octanol–water partition coefficient (Wildman–Crippen LogP) is 1.13. The van der Waals surface area contributed by atoms with E-state index in [0.29, 0.717) is 19.4 Å². The second-order valence-corrected chi connectivity index (χ2v) is 6.99. The average Bonchev–Trinajstić information content (AvgIpc) is 3.33. The summed E-state index contributed by atoms with van der Waals surface area (Å²) >= 11 is 0. The Morgan fingerprint density at radius 1 is 1.18 bits per heavy atom. The highest BCUT2D eigenvalue weighted by molar-refractivity contribution is 5.61. The van der Waals surface area contributed by atoms with Crippen molar-refractivity contribution in [3.8, 4) is 11.1 Å². The molecule has 4 rings (SSSR count). The summed E-state index contributed by atoms with van der Waals surface area (Å²) in [6.07, 6.45) is 0.0155. The van der Waals surface area contributed by atoms with Crippen LogP contribution in [0.3, 0.4) is 0 Å². The Kier molecular flexibility index (Phi) is 4.92. The van der Waals surface area contributed by atoms with E-state index in [4.69, 9.17) is 9.47 Å². The van der Waals surface area contributed by atoms with Crippen LogP contribution in [0.1, 0.15) is 18.9 Å². The molecule has 0 amide bonds. The maximum atomic E-state index is 13.5. The highest BCUT2D eigenvalue weighted by atomic mass is 19.2. The van der Waals surface area contributed by atoms with Crippen molar-refractivity contribution < 1.29 is 38.0 Å². The van der Waals surface area contributed by atoms with Crippen LogP contribution < -0.4 is 0 Å². The summed E-state index contributed by atoms with van der Waals surface area (Å²) in [5.41, 5.74) is 0.301. The van der Waals surface area contributed by atoms with Crippen LogP contribution in [0.15, 0.2) is 24.5 Å². The Morgan fingerprint density at radius 3 is 2.50 bits per heavy atom. The lowest BCUT2D eigenvalue weighted by molar-refractivity contribution is -0.339. The molecule has 1 aromatic heterocycles. The van der Waals surface area contributed by atoms with E-state index in [2.05, 4.69) is 5.10 Å². The summed E-state index contributed by atoms with van der Waals surface area (Å²) in [7, 11) is 0. The van der Waals surface area contributed by atoms with Gasteiger partial charge in [-0.05, 0) is 24.1 Å². The second kappa shape index (κ2) is 7.12. The van der Waals surface area contributed by atoms with Gasteiger partial charge in [-0.2, -0.15) is 5.10 Å². The smallest absolute Gasteiger partial charge is 0.197 e. The van der Waals surface area contributed by atoms with Crippen molar-refractivity contribution in [3.05, 3.63) is 42.0 Å². The molecule has 5 atom stereocenters. The molecule has 1 aromatic carbocycles. The molecular weight excluding hydrogens is 381 g/mol. The van der Waals surface area contributed by atoms with Crippen molar-refractivity contribution in [3.63, 3.8) is 0 Å². The fourth-order valence-electron chi connectivity index (χ4n) is 3.84. The fourth-order valence-corrected chi connectivity index (χ4v) is 3.84. The van der Waals surface area contributed by atoms with Gasteiger partial charge in [0.15, 0.2) is 23.2 Å². The molecule has 152 valence electrons. The molecule has 2 aliphatic heterocycles. The summed E-state index contributed by atoms with van der Waals surface area (Å²) in [6, 6.07) is 0.622. The van der Waals surface area contributed by atoms with Gasteiger partial charge in [-0.25, -0.2) is 13.2 Å². The fraction of sp³-hybridized carbons (Fsp3) is 0.500. The zero-order valence-electron chi connectivity index (χ0n) is 14.6. The number of hydrogen-bond acceptors (Lipinski definition) is 6. The van der Waals surface area contributed by atoms with Gasteiger partial charge >= 0.3 is 0 Å². The van der Waals surface area contributed by atoms with Gasteiger partial charge in [0.05, 0.1) is 19.4 Å². The quantitative estimate of drug-likeness (QED) is 0.669. The van der Waals surface area contributed by atoms with Crippen LogP contribution in [0.4, 0.5) is 13.2 Å². The molecule has 0 aliphatic carbocycles. The summed E-state index contributed by atoms with van der Waals surface area (Å²) in [6.45, 7) is -0.144. The monoisotopic (exact) mass is 400 g/mol. The van der Waals surface area contributed by atoms with E-state index in [-0.39, 0.29) is 11.1 Å². The third-order valence-electron chi connectivity index (χ3n) is 5.28. The molecule has 2 saturated heterocycles. The van der Waals surface area contributed by atoms with Crippen molar-refractivity contribution in [2.24, 2.45) is 0 Å². The van der Waals surface area contributed by atoms with E-state index in [1.807, 2.05) is 0 Å². The first-order valence-electron chi connectivity index (χ1n) is 8.84. The van der Waals surface area contributed by atoms with Crippen molar-refractivity contribution >= 4 is 0 Å². The Bertz CT molecular complexity index is 848. The number of aliphatic hydroxyl groups is 3.